The molecule has 130 valence electrons. The van der Waals surface area contributed by atoms with Crippen LogP contribution in [-0.2, 0) is 19.6 Å². The van der Waals surface area contributed by atoms with E-state index in [2.05, 4.69) is 5.32 Å². The van der Waals surface area contributed by atoms with Crippen molar-refractivity contribution in [3.8, 4) is 0 Å². The predicted molar refractivity (Wildman–Crippen MR) is 88.8 cm³/mol. The molecular weight excluding hydrogens is 330 g/mol. The number of carbonyl (C=O) groups is 2. The first-order valence-corrected chi connectivity index (χ1v) is 9.36. The summed E-state index contributed by atoms with van der Waals surface area (Å²) in [5.74, 6) is -0.126. The Balaban J connectivity index is 1.81. The van der Waals surface area contributed by atoms with E-state index in [9.17, 15) is 18.0 Å². The lowest BCUT2D eigenvalue weighted by atomic mass is 9.94. The summed E-state index contributed by atoms with van der Waals surface area (Å²) in [7, 11) is -1.86. The molecule has 0 bridgehead atoms. The molecule has 2 atom stereocenters. The Labute approximate surface area is 141 Å². The number of benzene rings is 1. The van der Waals surface area contributed by atoms with Crippen LogP contribution in [0.5, 0.6) is 0 Å². The van der Waals surface area contributed by atoms with E-state index >= 15 is 0 Å². The number of sulfonamides is 1. The molecule has 1 aromatic carbocycles. The smallest absolute Gasteiger partial charge is 0.243 e. The Bertz CT molecular complexity index is 777. The van der Waals surface area contributed by atoms with Crippen LogP contribution >= 0.6 is 0 Å². The van der Waals surface area contributed by atoms with Crippen LogP contribution in [0, 0.1) is 5.92 Å². The summed E-state index contributed by atoms with van der Waals surface area (Å²) in [5.41, 5.74) is 0.453. The van der Waals surface area contributed by atoms with Gasteiger partial charge in [0.1, 0.15) is 0 Å². The molecule has 2 saturated heterocycles. The topological polar surface area (TPSA) is 86.8 Å². The van der Waals surface area contributed by atoms with Gasteiger partial charge in [0.05, 0.1) is 4.90 Å². The van der Waals surface area contributed by atoms with Crippen molar-refractivity contribution >= 4 is 27.5 Å². The lowest BCUT2D eigenvalue weighted by Gasteiger charge is -2.35. The van der Waals surface area contributed by atoms with Crippen LogP contribution in [0.2, 0.25) is 0 Å². The number of fused-ring (bicyclic) bond motifs is 1. The van der Waals surface area contributed by atoms with E-state index < -0.39 is 10.0 Å². The monoisotopic (exact) mass is 351 g/mol. The van der Waals surface area contributed by atoms with E-state index in [1.165, 1.54) is 23.4 Å². The molecule has 0 saturated carbocycles. The van der Waals surface area contributed by atoms with E-state index in [1.54, 1.807) is 24.1 Å². The quantitative estimate of drug-likeness (QED) is 0.876. The standard InChI is InChI=1S/C16H21N3O4S/c1-11(20)17-13-4-3-5-14(9-13)24(22,23)19-7-6-15-12(10-19)8-16(21)18(15)2/h3-5,9,12,15H,6-8,10H2,1-2H3,(H,17,20)/t12-,15+/m1/s1. The minimum absolute atomic E-state index is 0.0459. The first-order chi connectivity index (χ1) is 11.3. The molecule has 8 heteroatoms. The number of amides is 2. The molecule has 3 rings (SSSR count). The van der Waals surface area contributed by atoms with Crippen molar-refractivity contribution in [3.63, 3.8) is 0 Å². The zero-order valence-electron chi connectivity index (χ0n) is 13.7. The molecule has 24 heavy (non-hydrogen) atoms. The normalized spacial score (nSPS) is 24.8. The number of nitrogens with zero attached hydrogens (tertiary/aromatic N) is 2. The lowest BCUT2D eigenvalue weighted by Crippen LogP contribution is -2.47. The predicted octanol–water partition coefficient (Wildman–Crippen LogP) is 0.886. The van der Waals surface area contributed by atoms with Crippen molar-refractivity contribution in [2.75, 3.05) is 25.5 Å². The minimum Gasteiger partial charge on any atom is -0.342 e. The molecule has 0 aromatic heterocycles. The van der Waals surface area contributed by atoms with Crippen molar-refractivity contribution in [1.82, 2.24) is 9.21 Å². The van der Waals surface area contributed by atoms with Gasteiger partial charge in [-0.1, -0.05) is 6.07 Å². The van der Waals surface area contributed by atoms with Gasteiger partial charge in [0.25, 0.3) is 0 Å². The fourth-order valence-electron chi connectivity index (χ4n) is 3.56. The fourth-order valence-corrected chi connectivity index (χ4v) is 5.11. The Morgan fingerprint density at radius 3 is 2.79 bits per heavy atom. The highest BCUT2D eigenvalue weighted by Gasteiger charge is 2.43. The summed E-state index contributed by atoms with van der Waals surface area (Å²) in [6.07, 6.45) is 1.05. The summed E-state index contributed by atoms with van der Waals surface area (Å²) in [6, 6.07) is 6.39. The second-order valence-electron chi connectivity index (χ2n) is 6.40. The van der Waals surface area contributed by atoms with Crippen LogP contribution in [0.15, 0.2) is 29.2 Å². The van der Waals surface area contributed by atoms with Crippen LogP contribution in [0.1, 0.15) is 19.8 Å². The molecule has 2 aliphatic heterocycles. The van der Waals surface area contributed by atoms with E-state index in [0.29, 0.717) is 31.6 Å². The average Bonchev–Trinajstić information content (AvgIpc) is 2.81. The van der Waals surface area contributed by atoms with Crippen molar-refractivity contribution in [2.24, 2.45) is 5.92 Å². The maximum Gasteiger partial charge on any atom is 0.243 e. The van der Waals surface area contributed by atoms with Gasteiger partial charge in [-0.15, -0.1) is 0 Å². The van der Waals surface area contributed by atoms with Crippen molar-refractivity contribution in [2.45, 2.75) is 30.7 Å². The molecule has 1 aromatic rings. The average molecular weight is 351 g/mol. The summed E-state index contributed by atoms with van der Waals surface area (Å²) >= 11 is 0. The Kier molecular flexibility index (Phi) is 4.35. The molecule has 1 N–H and O–H groups in total. The van der Waals surface area contributed by atoms with Crippen molar-refractivity contribution in [3.05, 3.63) is 24.3 Å². The first kappa shape index (κ1) is 16.9. The van der Waals surface area contributed by atoms with Gasteiger partial charge in [0.2, 0.25) is 21.8 Å². The Hall–Kier alpha value is -1.93. The number of hydrogen-bond acceptors (Lipinski definition) is 4. The molecule has 2 aliphatic rings. The molecule has 2 heterocycles. The largest absolute Gasteiger partial charge is 0.342 e. The molecule has 0 radical (unpaired) electrons. The third-order valence-electron chi connectivity index (χ3n) is 4.78. The second-order valence-corrected chi connectivity index (χ2v) is 8.33. The molecule has 2 amide bonds. The van der Waals surface area contributed by atoms with Crippen LogP contribution in [0.4, 0.5) is 5.69 Å². The van der Waals surface area contributed by atoms with Gasteiger partial charge < -0.3 is 10.2 Å². The highest BCUT2D eigenvalue weighted by Crippen LogP contribution is 2.33. The van der Waals surface area contributed by atoms with Gasteiger partial charge in [-0.3, -0.25) is 9.59 Å². The van der Waals surface area contributed by atoms with Crippen LogP contribution in [0.3, 0.4) is 0 Å². The number of piperidine rings is 1. The number of hydrogen-bond donors (Lipinski definition) is 1. The number of nitrogens with one attached hydrogen (secondary N) is 1. The minimum atomic E-state index is -3.64. The summed E-state index contributed by atoms with van der Waals surface area (Å²) in [4.78, 5) is 24.9. The summed E-state index contributed by atoms with van der Waals surface area (Å²) in [6.45, 7) is 2.12. The van der Waals surface area contributed by atoms with Gasteiger partial charge in [-0.2, -0.15) is 4.31 Å². The highest BCUT2D eigenvalue weighted by molar-refractivity contribution is 7.89. The third kappa shape index (κ3) is 3.03. The van der Waals surface area contributed by atoms with E-state index in [1.807, 2.05) is 0 Å². The maximum atomic E-state index is 12.9. The van der Waals surface area contributed by atoms with Gasteiger partial charge >= 0.3 is 0 Å². The van der Waals surface area contributed by atoms with Crippen LogP contribution in [0.25, 0.3) is 0 Å². The lowest BCUT2D eigenvalue weighted by molar-refractivity contribution is -0.127. The number of likely N-dealkylation sites (tertiary alicyclic amines) is 1. The molecule has 0 aliphatic carbocycles. The third-order valence-corrected chi connectivity index (χ3v) is 6.64. The Morgan fingerprint density at radius 1 is 1.33 bits per heavy atom. The van der Waals surface area contributed by atoms with Gasteiger partial charge in [-0.05, 0) is 24.6 Å². The van der Waals surface area contributed by atoms with E-state index in [0.717, 1.165) is 0 Å². The van der Waals surface area contributed by atoms with Crippen molar-refractivity contribution in [1.29, 1.82) is 0 Å². The molecule has 0 spiro atoms. The van der Waals surface area contributed by atoms with Gasteiger partial charge in [0, 0.05) is 51.1 Å². The molecule has 2 fully saturated rings. The second kappa shape index (κ2) is 6.18. The number of anilines is 1. The maximum absolute atomic E-state index is 12.9. The summed E-state index contributed by atoms with van der Waals surface area (Å²) < 4.78 is 27.2. The van der Waals surface area contributed by atoms with Gasteiger partial charge in [-0.25, -0.2) is 8.42 Å². The number of rotatable bonds is 3. The van der Waals surface area contributed by atoms with Gasteiger partial charge in [0.15, 0.2) is 0 Å². The van der Waals surface area contributed by atoms with Crippen LogP contribution in [-0.4, -0.2) is 55.6 Å². The van der Waals surface area contributed by atoms with E-state index in [-0.39, 0.29) is 28.7 Å². The molecular formula is C16H21N3O4S. The first-order valence-electron chi connectivity index (χ1n) is 7.92. The summed E-state index contributed by atoms with van der Waals surface area (Å²) in [5, 5.41) is 2.60. The van der Waals surface area contributed by atoms with Crippen LogP contribution < -0.4 is 5.32 Å². The zero-order chi connectivity index (χ0) is 17.5. The van der Waals surface area contributed by atoms with Crippen molar-refractivity contribution < 1.29 is 18.0 Å². The fraction of sp³-hybridized carbons (Fsp3) is 0.500. The number of carbonyl (C=O) groups excluding carboxylic acids is 2. The zero-order valence-corrected chi connectivity index (χ0v) is 14.5. The highest BCUT2D eigenvalue weighted by atomic mass is 32.2. The molecule has 0 unspecified atom stereocenters. The SMILES string of the molecule is CC(=O)Nc1cccc(S(=O)(=O)N2CC[C@H]3[C@H](CC(=O)N3C)C2)c1. The molecule has 7 nitrogen and oxygen atoms in total. The Morgan fingerprint density at radius 2 is 2.08 bits per heavy atom. The van der Waals surface area contributed by atoms with E-state index in [4.69, 9.17) is 0 Å².